The first-order valence-electron chi connectivity index (χ1n) is 11.6. The van der Waals surface area contributed by atoms with Crippen LogP contribution in [0.4, 0.5) is 17.6 Å². The largest absolute Gasteiger partial charge is 0.396 e. The van der Waals surface area contributed by atoms with E-state index in [4.69, 9.17) is 50.5 Å². The summed E-state index contributed by atoms with van der Waals surface area (Å²) in [5.41, 5.74) is 6.28. The van der Waals surface area contributed by atoms with E-state index in [0.717, 1.165) is 32.1 Å². The van der Waals surface area contributed by atoms with Gasteiger partial charge in [-0.3, -0.25) is 9.36 Å². The highest BCUT2D eigenvalue weighted by atomic mass is 35.5. The number of carbonyl (C=O) groups is 1. The molecule has 0 atom stereocenters. The van der Waals surface area contributed by atoms with Crippen LogP contribution < -0.4 is 16.4 Å². The fraction of sp³-hybridized carbons (Fsp3) is 0.478. The van der Waals surface area contributed by atoms with Gasteiger partial charge in [0.2, 0.25) is 17.8 Å². The summed E-state index contributed by atoms with van der Waals surface area (Å²) in [7, 11) is 0. The number of hydrogen-bond acceptors (Lipinski definition) is 7. The average molecular weight is 539 g/mol. The number of hydrogen-bond donors (Lipinski definition) is 4. The monoisotopic (exact) mass is 537 g/mol. The van der Waals surface area contributed by atoms with Crippen molar-refractivity contribution in [2.75, 3.05) is 23.8 Å². The van der Waals surface area contributed by atoms with Gasteiger partial charge in [-0.1, -0.05) is 54.1 Å². The first-order valence-corrected chi connectivity index (χ1v) is 12.7. The van der Waals surface area contributed by atoms with Crippen LogP contribution in [0.1, 0.15) is 44.9 Å². The molecule has 5 N–H and O–H groups in total. The van der Waals surface area contributed by atoms with Gasteiger partial charge in [0.15, 0.2) is 5.65 Å². The number of aliphatic hydroxyl groups is 1. The number of nitrogens with one attached hydrogen (secondary N) is 2. The second-order valence-corrected chi connectivity index (χ2v) is 10.8. The van der Waals surface area contributed by atoms with Crippen LogP contribution in [0.25, 0.3) is 11.2 Å². The molecule has 2 aliphatic rings. The summed E-state index contributed by atoms with van der Waals surface area (Å²) in [5, 5.41) is 17.1. The van der Waals surface area contributed by atoms with Crippen molar-refractivity contribution in [3.05, 3.63) is 33.4 Å². The first kappa shape index (κ1) is 24.4. The molecule has 35 heavy (non-hydrogen) atoms. The van der Waals surface area contributed by atoms with E-state index in [1.54, 1.807) is 22.9 Å². The molecule has 0 saturated heterocycles. The fourth-order valence-corrected chi connectivity index (χ4v) is 5.68. The molecule has 0 unspecified atom stereocenters. The molecule has 0 bridgehead atoms. The van der Waals surface area contributed by atoms with Gasteiger partial charge >= 0.3 is 0 Å². The Hall–Kier alpha value is -2.33. The van der Waals surface area contributed by atoms with Crippen molar-refractivity contribution in [2.45, 2.75) is 50.5 Å². The SMILES string of the molecule is NC(=O)C1(n2c(Nc3c(Cl)cc(Cl)cc3Cl)nc3cnc(NCC4(CO)CC4)nc32)CCCCC1. The number of benzene rings is 1. The molecule has 9 nitrogen and oxygen atoms in total. The number of fused-ring (bicyclic) bond motifs is 1. The number of imidazole rings is 1. The Balaban J connectivity index is 1.63. The molecule has 186 valence electrons. The lowest BCUT2D eigenvalue weighted by molar-refractivity contribution is -0.128. The molecule has 0 radical (unpaired) electrons. The molecule has 2 aromatic heterocycles. The lowest BCUT2D eigenvalue weighted by atomic mass is 9.80. The van der Waals surface area contributed by atoms with Crippen molar-refractivity contribution in [1.82, 2.24) is 19.5 Å². The third-order valence-corrected chi connectivity index (χ3v) is 7.94. The minimum absolute atomic E-state index is 0.113. The maximum Gasteiger partial charge on any atom is 0.243 e. The summed E-state index contributed by atoms with van der Waals surface area (Å²) in [4.78, 5) is 26.8. The Kier molecular flexibility index (Phi) is 6.46. The summed E-state index contributed by atoms with van der Waals surface area (Å²) in [6, 6.07) is 3.15. The molecule has 2 saturated carbocycles. The van der Waals surface area contributed by atoms with Crippen molar-refractivity contribution < 1.29 is 9.90 Å². The van der Waals surface area contributed by atoms with E-state index in [9.17, 15) is 9.90 Å². The molecular formula is C23H26Cl3N7O2. The smallest absolute Gasteiger partial charge is 0.243 e. The van der Waals surface area contributed by atoms with Crippen LogP contribution in [0, 0.1) is 5.41 Å². The van der Waals surface area contributed by atoms with Crippen molar-refractivity contribution in [3.8, 4) is 0 Å². The Morgan fingerprint density at radius 3 is 2.37 bits per heavy atom. The van der Waals surface area contributed by atoms with E-state index < -0.39 is 11.4 Å². The van der Waals surface area contributed by atoms with Gasteiger partial charge in [-0.15, -0.1) is 0 Å². The number of primary amides is 1. The lowest BCUT2D eigenvalue weighted by Gasteiger charge is -2.36. The van der Waals surface area contributed by atoms with E-state index >= 15 is 0 Å². The van der Waals surface area contributed by atoms with E-state index in [0.29, 0.717) is 63.2 Å². The molecular weight excluding hydrogens is 513 g/mol. The molecule has 3 aromatic rings. The number of rotatable bonds is 8. The van der Waals surface area contributed by atoms with Gasteiger partial charge in [0.05, 0.1) is 28.5 Å². The maximum absolute atomic E-state index is 13.0. The quantitative estimate of drug-likeness (QED) is 0.322. The standard InChI is InChI=1S/C23H26Cl3N7O2/c24-13-8-14(25)17(15(26)9-13)31-21-30-16-10-28-20(29-11-22(12-34)6-7-22)32-18(16)33(21)23(19(27)35)4-2-1-3-5-23/h8-10,34H,1-7,11-12H2,(H2,27,35)(H,30,31)(H,28,29,32). The van der Waals surface area contributed by atoms with Crippen LogP contribution in [0.15, 0.2) is 18.3 Å². The number of amides is 1. The Morgan fingerprint density at radius 1 is 1.09 bits per heavy atom. The van der Waals surface area contributed by atoms with E-state index in [2.05, 4.69) is 15.6 Å². The van der Waals surface area contributed by atoms with Crippen molar-refractivity contribution in [2.24, 2.45) is 11.1 Å². The molecule has 0 aliphatic heterocycles. The van der Waals surface area contributed by atoms with Gasteiger partial charge in [-0.25, -0.2) is 9.97 Å². The molecule has 2 heterocycles. The van der Waals surface area contributed by atoms with E-state index in [-0.39, 0.29) is 12.0 Å². The van der Waals surface area contributed by atoms with Gasteiger partial charge in [-0.2, -0.15) is 4.98 Å². The third-order valence-electron chi connectivity index (χ3n) is 7.13. The minimum Gasteiger partial charge on any atom is -0.396 e. The van der Waals surface area contributed by atoms with Gasteiger partial charge in [0, 0.05) is 17.0 Å². The molecule has 0 spiro atoms. The highest BCUT2D eigenvalue weighted by molar-refractivity contribution is 6.41. The summed E-state index contributed by atoms with van der Waals surface area (Å²) in [6.07, 6.45) is 7.35. The van der Waals surface area contributed by atoms with Gasteiger partial charge < -0.3 is 21.5 Å². The number of carbonyl (C=O) groups excluding carboxylic acids is 1. The van der Waals surface area contributed by atoms with Crippen molar-refractivity contribution in [1.29, 1.82) is 0 Å². The number of nitrogens with zero attached hydrogens (tertiary/aromatic N) is 4. The zero-order valence-corrected chi connectivity index (χ0v) is 21.2. The summed E-state index contributed by atoms with van der Waals surface area (Å²) in [5.74, 6) is 0.286. The van der Waals surface area contributed by atoms with Gasteiger partial charge in [0.25, 0.3) is 0 Å². The number of aliphatic hydroxyl groups excluding tert-OH is 1. The Labute approximate surface area is 217 Å². The predicted octanol–water partition coefficient (Wildman–Crippen LogP) is 4.86. The normalized spacial score (nSPS) is 18.4. The van der Waals surface area contributed by atoms with Crippen LogP contribution in [0.5, 0.6) is 0 Å². The van der Waals surface area contributed by atoms with Crippen LogP contribution in [0.2, 0.25) is 15.1 Å². The van der Waals surface area contributed by atoms with Crippen LogP contribution in [-0.2, 0) is 10.3 Å². The fourth-order valence-electron chi connectivity index (χ4n) is 4.77. The summed E-state index contributed by atoms with van der Waals surface area (Å²) >= 11 is 18.9. The Morgan fingerprint density at radius 2 is 1.77 bits per heavy atom. The molecule has 2 fully saturated rings. The van der Waals surface area contributed by atoms with Crippen molar-refractivity contribution >= 4 is 69.5 Å². The second-order valence-electron chi connectivity index (χ2n) is 9.51. The number of halogens is 3. The molecule has 12 heteroatoms. The zero-order valence-electron chi connectivity index (χ0n) is 19.0. The van der Waals surface area contributed by atoms with Gasteiger partial charge in [0.1, 0.15) is 11.1 Å². The van der Waals surface area contributed by atoms with Gasteiger partial charge in [-0.05, 0) is 37.8 Å². The topological polar surface area (TPSA) is 131 Å². The third kappa shape index (κ3) is 4.50. The first-order chi connectivity index (χ1) is 16.8. The zero-order chi connectivity index (χ0) is 24.8. The average Bonchev–Trinajstić information content (AvgIpc) is 3.53. The predicted molar refractivity (Wildman–Crippen MR) is 138 cm³/mol. The molecule has 1 aromatic carbocycles. The number of anilines is 3. The summed E-state index contributed by atoms with van der Waals surface area (Å²) < 4.78 is 1.77. The second kappa shape index (κ2) is 9.28. The Bertz CT molecular complexity index is 1260. The minimum atomic E-state index is -1.02. The maximum atomic E-state index is 13.0. The highest BCUT2D eigenvalue weighted by Gasteiger charge is 2.44. The molecule has 2 aliphatic carbocycles. The van der Waals surface area contributed by atoms with Crippen molar-refractivity contribution in [3.63, 3.8) is 0 Å². The highest BCUT2D eigenvalue weighted by Crippen LogP contribution is 2.45. The van der Waals surface area contributed by atoms with Crippen LogP contribution in [-0.4, -0.2) is 43.7 Å². The van der Waals surface area contributed by atoms with E-state index in [1.165, 1.54) is 0 Å². The van der Waals surface area contributed by atoms with Crippen LogP contribution in [0.3, 0.4) is 0 Å². The lowest BCUT2D eigenvalue weighted by Crippen LogP contribution is -2.48. The number of aromatic nitrogens is 4. The van der Waals surface area contributed by atoms with E-state index in [1.807, 2.05) is 0 Å². The number of nitrogens with two attached hydrogens (primary N) is 1. The molecule has 1 amide bonds. The summed E-state index contributed by atoms with van der Waals surface area (Å²) in [6.45, 7) is 0.673. The van der Waals surface area contributed by atoms with Crippen LogP contribution >= 0.6 is 34.8 Å². The molecule has 5 rings (SSSR count).